The molecule has 0 aromatic carbocycles. The number of aryl methyl sites for hydroxylation is 2. The van der Waals surface area contributed by atoms with Crippen LogP contribution in [0.1, 0.15) is 178 Å². The van der Waals surface area contributed by atoms with Gasteiger partial charge in [0.05, 0.1) is 27.2 Å². The second-order valence-corrected chi connectivity index (χ2v) is 24.1. The van der Waals surface area contributed by atoms with Crippen LogP contribution in [0.25, 0.3) is 76.0 Å². The van der Waals surface area contributed by atoms with Gasteiger partial charge in [0, 0.05) is 63.4 Å². The summed E-state index contributed by atoms with van der Waals surface area (Å²) < 4.78 is 9.93. The Morgan fingerprint density at radius 1 is 0.515 bits per heavy atom. The highest BCUT2D eigenvalue weighted by Crippen LogP contribution is 2.63. The summed E-state index contributed by atoms with van der Waals surface area (Å²) in [5.74, 6) is 1.30. The number of nitrogens with zero attached hydrogens (tertiary/aromatic N) is 4. The Labute approximate surface area is 416 Å². The molecule has 66 heavy (non-hydrogen) atoms. The lowest BCUT2D eigenvalue weighted by molar-refractivity contribution is 0.266. The maximum atomic E-state index is 5.22. The van der Waals surface area contributed by atoms with E-state index in [1.165, 1.54) is 177 Å². The van der Waals surface area contributed by atoms with Gasteiger partial charge in [0.2, 0.25) is 0 Å². The van der Waals surface area contributed by atoms with Gasteiger partial charge in [0.1, 0.15) is 16.7 Å². The van der Waals surface area contributed by atoms with Gasteiger partial charge in [0.25, 0.3) is 0 Å². The van der Waals surface area contributed by atoms with E-state index in [4.69, 9.17) is 25.3 Å². The molecule has 1 aliphatic carbocycles. The lowest BCUT2D eigenvalue weighted by atomic mass is 9.65. The van der Waals surface area contributed by atoms with Crippen molar-refractivity contribution in [2.24, 2.45) is 11.8 Å². The molecular weight excluding hydrogens is 901 g/mol. The third-order valence-corrected chi connectivity index (χ3v) is 19.9. The molecule has 0 saturated heterocycles. The van der Waals surface area contributed by atoms with Crippen molar-refractivity contribution in [3.63, 3.8) is 0 Å². The minimum Gasteiger partial charge on any atom is -0.254 e. The van der Waals surface area contributed by atoms with Gasteiger partial charge in [-0.1, -0.05) is 145 Å². The first-order valence-corrected chi connectivity index (χ1v) is 29.5. The number of unbranched alkanes of at least 4 members (excludes halogenated alkanes) is 8. The Kier molecular flexibility index (Phi) is 17.0. The van der Waals surface area contributed by atoms with Crippen LogP contribution in [0.5, 0.6) is 0 Å². The molecule has 7 heterocycles. The molecule has 4 nitrogen and oxygen atoms in total. The molecule has 9 heteroatoms. The fourth-order valence-corrected chi connectivity index (χ4v) is 15.9. The molecule has 0 fully saturated rings. The van der Waals surface area contributed by atoms with E-state index >= 15 is 0 Å². The van der Waals surface area contributed by atoms with Gasteiger partial charge in [-0.15, -0.1) is 45.3 Å². The summed E-state index contributed by atoms with van der Waals surface area (Å²) >= 11 is 8.98. The average molecular weight is 974 g/mol. The summed E-state index contributed by atoms with van der Waals surface area (Å²) in [5, 5.41) is 1.95. The summed E-state index contributed by atoms with van der Waals surface area (Å²) in [7, 11) is 0. The normalized spacial score (nSPS) is 15.5. The van der Waals surface area contributed by atoms with Crippen LogP contribution in [0.15, 0.2) is 48.8 Å². The quantitative estimate of drug-likeness (QED) is 0.0508. The van der Waals surface area contributed by atoms with Crippen LogP contribution in [0.4, 0.5) is 0 Å². The van der Waals surface area contributed by atoms with Gasteiger partial charge in [-0.05, 0) is 103 Å². The Hall–Kier alpha value is -3.34. The molecule has 350 valence electrons. The van der Waals surface area contributed by atoms with Gasteiger partial charge in [0.15, 0.2) is 0 Å². The van der Waals surface area contributed by atoms with Crippen molar-refractivity contribution in [2.75, 3.05) is 0 Å². The number of thiophene rings is 4. The summed E-state index contributed by atoms with van der Waals surface area (Å²) in [5.41, 5.74) is 9.08. The Balaban J connectivity index is 1.22. The van der Waals surface area contributed by atoms with E-state index in [1.54, 1.807) is 0 Å². The number of aromatic nitrogens is 4. The Bertz CT molecular complexity index is 2760. The van der Waals surface area contributed by atoms with Crippen molar-refractivity contribution in [1.82, 2.24) is 18.7 Å². The number of pyridine rings is 2. The van der Waals surface area contributed by atoms with Crippen molar-refractivity contribution in [3.05, 3.63) is 80.1 Å². The van der Waals surface area contributed by atoms with Crippen molar-refractivity contribution < 1.29 is 0 Å². The first kappa shape index (κ1) is 49.1. The van der Waals surface area contributed by atoms with E-state index in [1.807, 2.05) is 45.3 Å². The molecule has 0 N–H and O–H groups in total. The molecule has 0 spiro atoms. The number of rotatable bonds is 26. The number of hydrogen-bond acceptors (Lipinski definition) is 9. The first-order valence-electron chi connectivity index (χ1n) is 25.5. The van der Waals surface area contributed by atoms with Crippen LogP contribution in [0, 0.1) is 11.8 Å². The zero-order chi connectivity index (χ0) is 46.2. The minimum absolute atomic E-state index is 0.0825. The van der Waals surface area contributed by atoms with Crippen LogP contribution in [0.2, 0.25) is 0 Å². The van der Waals surface area contributed by atoms with Crippen molar-refractivity contribution in [3.8, 4) is 51.8 Å². The van der Waals surface area contributed by atoms with E-state index in [-0.39, 0.29) is 5.41 Å². The third kappa shape index (κ3) is 10.3. The van der Waals surface area contributed by atoms with Gasteiger partial charge >= 0.3 is 0 Å². The lowest BCUT2D eigenvalue weighted by Crippen LogP contribution is -2.31. The molecule has 0 radical (unpaired) electrons. The van der Waals surface area contributed by atoms with Crippen molar-refractivity contribution in [2.45, 2.75) is 175 Å². The van der Waals surface area contributed by atoms with E-state index in [2.05, 4.69) is 96.9 Å². The molecule has 8 rings (SSSR count). The zero-order valence-corrected chi connectivity index (χ0v) is 44.7. The average Bonchev–Trinajstić information content (AvgIpc) is 4.20. The summed E-state index contributed by atoms with van der Waals surface area (Å²) in [6.45, 7) is 23.5. The van der Waals surface area contributed by atoms with Gasteiger partial charge in [-0.25, -0.2) is 0 Å². The molecule has 0 amide bonds. The molecule has 0 bridgehead atoms. The molecular formula is C57H72N4S5. The predicted molar refractivity (Wildman–Crippen MR) is 294 cm³/mol. The standard InChI is InChI=1S/C57H72N4S5/c1-9-15-19-21-25-41-27-29-47(62-41)51-38(8)37(7)43(35-58-51)49-31-45-55(64-49)56-46(57(45,33-39(13-5)23-17-11-3)34-40(14-6)24-18-12-4)32-50(65-56)44-36-59-53(54-52(44)60-66-61-54)48-30-28-42(63-48)26-22-20-16-10-2/h27-32,35-36,39-40H,7-26,33-34H2,1-6H3. The van der Waals surface area contributed by atoms with Crippen LogP contribution in [-0.2, 0) is 18.3 Å². The lowest BCUT2D eigenvalue weighted by Gasteiger charge is -2.37. The highest BCUT2D eigenvalue weighted by atomic mass is 32.1. The van der Waals surface area contributed by atoms with E-state index in [0.29, 0.717) is 11.8 Å². The van der Waals surface area contributed by atoms with Crippen LogP contribution in [-0.4, -0.2) is 18.7 Å². The van der Waals surface area contributed by atoms with E-state index in [0.717, 1.165) is 56.8 Å². The van der Waals surface area contributed by atoms with Gasteiger partial charge in [-0.3, -0.25) is 9.97 Å². The predicted octanol–water partition coefficient (Wildman–Crippen LogP) is 17.9. The zero-order valence-electron chi connectivity index (χ0n) is 40.7. The number of hydrogen-bond donors (Lipinski definition) is 0. The molecule has 2 atom stereocenters. The summed E-state index contributed by atoms with van der Waals surface area (Å²) in [6.07, 6.45) is 29.1. The molecule has 0 aliphatic heterocycles. The second kappa shape index (κ2) is 22.8. The van der Waals surface area contributed by atoms with E-state index < -0.39 is 0 Å². The molecule has 7 aromatic heterocycles. The second-order valence-electron chi connectivity index (χ2n) is 19.1. The van der Waals surface area contributed by atoms with Crippen LogP contribution < -0.4 is 10.4 Å². The first-order chi connectivity index (χ1) is 32.3. The van der Waals surface area contributed by atoms with Crippen LogP contribution >= 0.6 is 57.1 Å². The van der Waals surface area contributed by atoms with Gasteiger partial charge in [-0.2, -0.15) is 8.75 Å². The van der Waals surface area contributed by atoms with E-state index in [9.17, 15) is 0 Å². The van der Waals surface area contributed by atoms with Crippen molar-refractivity contribution in [1.29, 1.82) is 0 Å². The number of fused-ring (bicyclic) bond motifs is 4. The fraction of sp³-hybridized carbons (Fsp3) is 0.509. The summed E-state index contributed by atoms with van der Waals surface area (Å²) in [4.78, 5) is 21.1. The maximum Gasteiger partial charge on any atom is 0.132 e. The Morgan fingerprint density at radius 3 is 1.56 bits per heavy atom. The fourth-order valence-electron chi connectivity index (χ4n) is 10.5. The maximum absolute atomic E-state index is 5.22. The molecule has 2 unspecified atom stereocenters. The van der Waals surface area contributed by atoms with Crippen LogP contribution in [0.3, 0.4) is 0 Å². The smallest absolute Gasteiger partial charge is 0.132 e. The Morgan fingerprint density at radius 2 is 1.02 bits per heavy atom. The highest BCUT2D eigenvalue weighted by molar-refractivity contribution is 7.26. The largest absolute Gasteiger partial charge is 0.254 e. The monoisotopic (exact) mass is 972 g/mol. The van der Waals surface area contributed by atoms with Gasteiger partial charge < -0.3 is 0 Å². The third-order valence-electron chi connectivity index (χ3n) is 14.5. The molecule has 1 aliphatic rings. The minimum atomic E-state index is -0.0825. The summed E-state index contributed by atoms with van der Waals surface area (Å²) in [6, 6.07) is 14.3. The van der Waals surface area contributed by atoms with Crippen molar-refractivity contribution >= 4 is 81.3 Å². The highest BCUT2D eigenvalue weighted by Gasteiger charge is 2.48. The SMILES string of the molecule is C=c1c(-c2cc3c(s2)-c2sc(-c4cnc(-c5ccc(CCCCCC)s5)c5nsnc45)cc2C3(CC(CC)CCCC)CC(CC)CCCC)cnc(-c2ccc(CCCCCC)s2)c1=C. The molecule has 7 aromatic rings. The molecule has 0 saturated carbocycles. The topological polar surface area (TPSA) is 51.6 Å².